The summed E-state index contributed by atoms with van der Waals surface area (Å²) in [5.74, 6) is 0.623. The molecular weight excluding hydrogens is 333 g/mol. The Labute approximate surface area is 152 Å². The molecule has 0 bridgehead atoms. The molecule has 3 heterocycles. The lowest BCUT2D eigenvalue weighted by molar-refractivity contribution is 0.185. The van der Waals surface area contributed by atoms with Crippen molar-refractivity contribution in [2.24, 2.45) is 0 Å². The maximum Gasteiger partial charge on any atom is 0.199 e. The standard InChI is InChI=1S/C19H24FN5O/c1-19(2,3)25-12-15(22-23-25)11-24-8-4-5-13(10-24)18-21-16-7-6-14(20)9-17(16)26-18/h6-7,9,12-13H,4-5,8,10-11H2,1-3H3. The Hall–Kier alpha value is -2.28. The lowest BCUT2D eigenvalue weighted by Gasteiger charge is -2.30. The first-order chi connectivity index (χ1) is 12.4. The fraction of sp³-hybridized carbons (Fsp3) is 0.526. The second kappa shape index (κ2) is 6.46. The molecule has 0 aliphatic carbocycles. The van der Waals surface area contributed by atoms with Crippen LogP contribution in [0.15, 0.2) is 28.8 Å². The molecule has 1 aromatic carbocycles. The molecule has 1 aliphatic rings. The van der Waals surface area contributed by atoms with Crippen LogP contribution in [-0.4, -0.2) is 38.0 Å². The van der Waals surface area contributed by atoms with Crippen molar-refractivity contribution in [3.05, 3.63) is 41.8 Å². The molecule has 0 N–H and O–H groups in total. The van der Waals surface area contributed by atoms with Crippen molar-refractivity contribution >= 4 is 11.1 Å². The van der Waals surface area contributed by atoms with Gasteiger partial charge in [-0.2, -0.15) is 0 Å². The first-order valence-electron chi connectivity index (χ1n) is 9.08. The summed E-state index contributed by atoms with van der Waals surface area (Å²) < 4.78 is 21.1. The number of nitrogens with zero attached hydrogens (tertiary/aromatic N) is 5. The highest BCUT2D eigenvalue weighted by Gasteiger charge is 2.26. The van der Waals surface area contributed by atoms with E-state index in [2.05, 4.69) is 41.0 Å². The molecule has 4 rings (SSSR count). The quantitative estimate of drug-likeness (QED) is 0.715. The van der Waals surface area contributed by atoms with E-state index in [0.717, 1.165) is 38.2 Å². The van der Waals surface area contributed by atoms with Crippen molar-refractivity contribution in [3.63, 3.8) is 0 Å². The third-order valence-corrected chi connectivity index (χ3v) is 4.84. The van der Waals surface area contributed by atoms with E-state index >= 15 is 0 Å². The smallest absolute Gasteiger partial charge is 0.199 e. The van der Waals surface area contributed by atoms with Crippen LogP contribution in [-0.2, 0) is 12.1 Å². The van der Waals surface area contributed by atoms with Crippen molar-refractivity contribution in [2.45, 2.75) is 51.6 Å². The highest BCUT2D eigenvalue weighted by atomic mass is 19.1. The van der Waals surface area contributed by atoms with Gasteiger partial charge in [0.15, 0.2) is 11.5 Å². The fourth-order valence-corrected chi connectivity index (χ4v) is 3.42. The SMILES string of the molecule is CC(C)(C)n1cc(CN2CCCC(c3nc4ccc(F)cc4o3)C2)nn1. The minimum absolute atomic E-state index is 0.0663. The van der Waals surface area contributed by atoms with Gasteiger partial charge in [0.05, 0.1) is 17.4 Å². The van der Waals surface area contributed by atoms with Crippen LogP contribution >= 0.6 is 0 Å². The Kier molecular flexibility index (Phi) is 4.26. The number of rotatable bonds is 3. The molecule has 1 atom stereocenters. The van der Waals surface area contributed by atoms with Crippen molar-refractivity contribution < 1.29 is 8.81 Å². The zero-order chi connectivity index (χ0) is 18.3. The number of benzene rings is 1. The zero-order valence-corrected chi connectivity index (χ0v) is 15.4. The van der Waals surface area contributed by atoms with Gasteiger partial charge in [-0.1, -0.05) is 5.21 Å². The molecule has 1 saturated heterocycles. The molecule has 7 heteroatoms. The van der Waals surface area contributed by atoms with Crippen LogP contribution in [0.25, 0.3) is 11.1 Å². The predicted molar refractivity (Wildman–Crippen MR) is 96.2 cm³/mol. The van der Waals surface area contributed by atoms with Gasteiger partial charge in [-0.3, -0.25) is 4.90 Å². The van der Waals surface area contributed by atoms with Crippen molar-refractivity contribution in [1.29, 1.82) is 0 Å². The molecule has 0 amide bonds. The van der Waals surface area contributed by atoms with Crippen LogP contribution in [0.5, 0.6) is 0 Å². The molecule has 6 nitrogen and oxygen atoms in total. The second-order valence-corrected chi connectivity index (χ2v) is 8.06. The summed E-state index contributed by atoms with van der Waals surface area (Å²) in [6.45, 7) is 8.97. The second-order valence-electron chi connectivity index (χ2n) is 8.06. The average Bonchev–Trinajstić information content (AvgIpc) is 3.21. The van der Waals surface area contributed by atoms with E-state index in [1.807, 2.05) is 10.9 Å². The molecule has 0 saturated carbocycles. The average molecular weight is 357 g/mol. The Morgan fingerprint density at radius 2 is 2.15 bits per heavy atom. The number of hydrogen-bond donors (Lipinski definition) is 0. The van der Waals surface area contributed by atoms with Crippen molar-refractivity contribution in [3.8, 4) is 0 Å². The Morgan fingerprint density at radius 1 is 1.31 bits per heavy atom. The Bertz CT molecular complexity index is 910. The predicted octanol–water partition coefficient (Wildman–Crippen LogP) is 3.69. The molecule has 0 spiro atoms. The third kappa shape index (κ3) is 3.49. The van der Waals surface area contributed by atoms with Crippen LogP contribution in [0.2, 0.25) is 0 Å². The summed E-state index contributed by atoms with van der Waals surface area (Å²) in [5.41, 5.74) is 2.14. The maximum atomic E-state index is 13.4. The van der Waals surface area contributed by atoms with E-state index in [4.69, 9.17) is 4.42 Å². The molecule has 138 valence electrons. The van der Waals surface area contributed by atoms with Gasteiger partial charge in [0.2, 0.25) is 0 Å². The molecular formula is C19H24FN5O. The number of oxazole rings is 1. The van der Waals surface area contributed by atoms with Gasteiger partial charge in [-0.15, -0.1) is 5.10 Å². The van der Waals surface area contributed by atoms with E-state index < -0.39 is 0 Å². The number of aromatic nitrogens is 4. The first-order valence-corrected chi connectivity index (χ1v) is 9.08. The van der Waals surface area contributed by atoms with Gasteiger partial charge in [0.1, 0.15) is 11.3 Å². The summed E-state index contributed by atoms with van der Waals surface area (Å²) in [5, 5.41) is 8.55. The summed E-state index contributed by atoms with van der Waals surface area (Å²) in [7, 11) is 0. The van der Waals surface area contributed by atoms with E-state index in [-0.39, 0.29) is 17.3 Å². The van der Waals surface area contributed by atoms with Crippen LogP contribution in [0.1, 0.15) is 51.1 Å². The number of piperidine rings is 1. The van der Waals surface area contributed by atoms with Gasteiger partial charge in [-0.05, 0) is 52.3 Å². The highest BCUT2D eigenvalue weighted by Crippen LogP contribution is 2.29. The minimum atomic E-state index is -0.299. The van der Waals surface area contributed by atoms with E-state index in [1.54, 1.807) is 6.07 Å². The molecule has 2 aromatic heterocycles. The van der Waals surface area contributed by atoms with E-state index in [0.29, 0.717) is 17.0 Å². The van der Waals surface area contributed by atoms with Gasteiger partial charge in [0.25, 0.3) is 0 Å². The number of likely N-dealkylation sites (tertiary alicyclic amines) is 1. The third-order valence-electron chi connectivity index (χ3n) is 4.84. The molecule has 3 aromatic rings. The summed E-state index contributed by atoms with van der Waals surface area (Å²) in [6.07, 6.45) is 4.12. The molecule has 1 unspecified atom stereocenters. The summed E-state index contributed by atoms with van der Waals surface area (Å²) in [6, 6.07) is 4.49. The number of halogens is 1. The maximum absolute atomic E-state index is 13.4. The number of hydrogen-bond acceptors (Lipinski definition) is 5. The minimum Gasteiger partial charge on any atom is -0.440 e. The molecule has 1 fully saturated rings. The lowest BCUT2D eigenvalue weighted by atomic mass is 9.98. The monoisotopic (exact) mass is 357 g/mol. The topological polar surface area (TPSA) is 60.0 Å². The van der Waals surface area contributed by atoms with Crippen molar-refractivity contribution in [2.75, 3.05) is 13.1 Å². The molecule has 0 radical (unpaired) electrons. The van der Waals surface area contributed by atoms with Gasteiger partial charge in [-0.25, -0.2) is 14.1 Å². The van der Waals surface area contributed by atoms with Gasteiger partial charge in [0, 0.05) is 25.1 Å². The van der Waals surface area contributed by atoms with Crippen LogP contribution in [0, 0.1) is 5.82 Å². The van der Waals surface area contributed by atoms with Crippen molar-refractivity contribution in [1.82, 2.24) is 24.9 Å². The van der Waals surface area contributed by atoms with E-state index in [9.17, 15) is 4.39 Å². The van der Waals surface area contributed by atoms with Gasteiger partial charge < -0.3 is 4.42 Å². The largest absolute Gasteiger partial charge is 0.440 e. The normalized spacial score (nSPS) is 19.3. The highest BCUT2D eigenvalue weighted by molar-refractivity contribution is 5.72. The lowest BCUT2D eigenvalue weighted by Crippen LogP contribution is -2.34. The fourth-order valence-electron chi connectivity index (χ4n) is 3.42. The Morgan fingerprint density at radius 3 is 2.92 bits per heavy atom. The van der Waals surface area contributed by atoms with Gasteiger partial charge >= 0.3 is 0 Å². The van der Waals surface area contributed by atoms with Crippen LogP contribution < -0.4 is 0 Å². The van der Waals surface area contributed by atoms with Crippen LogP contribution in [0.4, 0.5) is 4.39 Å². The number of fused-ring (bicyclic) bond motifs is 1. The van der Waals surface area contributed by atoms with Crippen LogP contribution in [0.3, 0.4) is 0 Å². The Balaban J connectivity index is 1.47. The summed E-state index contributed by atoms with van der Waals surface area (Å²) in [4.78, 5) is 6.93. The first kappa shape index (κ1) is 17.1. The molecule has 26 heavy (non-hydrogen) atoms. The van der Waals surface area contributed by atoms with E-state index in [1.165, 1.54) is 12.1 Å². The zero-order valence-electron chi connectivity index (χ0n) is 15.4. The summed E-state index contributed by atoms with van der Waals surface area (Å²) >= 11 is 0. The molecule has 1 aliphatic heterocycles.